The van der Waals surface area contributed by atoms with Crippen LogP contribution in [0.2, 0.25) is 0 Å². The Bertz CT molecular complexity index is 1360. The number of benzene rings is 1. The Labute approximate surface area is 206 Å². The summed E-state index contributed by atoms with van der Waals surface area (Å²) < 4.78 is 1.98. The molecule has 0 spiro atoms. The molecule has 8 heteroatoms. The summed E-state index contributed by atoms with van der Waals surface area (Å²) in [6.45, 7) is 12.3. The number of phenols is 1. The first kappa shape index (κ1) is 23.2. The topological polar surface area (TPSA) is 90.4 Å². The second kappa shape index (κ2) is 9.26. The van der Waals surface area contributed by atoms with Crippen LogP contribution >= 0.6 is 0 Å². The largest absolute Gasteiger partial charge is 0.507 e. The fraction of sp³-hybridized carbons (Fsp3) is 0.407. The highest BCUT2D eigenvalue weighted by molar-refractivity contribution is 6.12. The number of hydrogen-bond donors (Lipinski definition) is 2. The van der Waals surface area contributed by atoms with E-state index >= 15 is 0 Å². The zero-order chi connectivity index (χ0) is 24.7. The van der Waals surface area contributed by atoms with Gasteiger partial charge >= 0.3 is 0 Å². The van der Waals surface area contributed by atoms with Crippen LogP contribution in [0.25, 0.3) is 16.9 Å². The monoisotopic (exact) mass is 471 g/mol. The molecule has 35 heavy (non-hydrogen) atoms. The van der Waals surface area contributed by atoms with E-state index in [0.29, 0.717) is 23.4 Å². The van der Waals surface area contributed by atoms with Crippen molar-refractivity contribution < 1.29 is 5.11 Å². The number of imidazole rings is 1. The standard InChI is InChI=1S/C27H33N7O/c1-6-20-9-23(31-32-26(10-20)33-12-16(2)28-17(3)13-33)22-8-7-21(11-25(22)35)24-15-34-14-18(4)29-27(34)19(5)30-24/h7-9,11,14-17,28,35H,6,10,12-13H2,1-5H3/t16-,17+. The number of aromatic nitrogens is 3. The number of nitrogens with one attached hydrogen (secondary N) is 1. The molecule has 2 aliphatic heterocycles. The van der Waals surface area contributed by atoms with Crippen molar-refractivity contribution in [1.29, 1.82) is 0 Å². The van der Waals surface area contributed by atoms with Gasteiger partial charge in [-0.05, 0) is 52.3 Å². The molecule has 2 aliphatic rings. The van der Waals surface area contributed by atoms with Crippen molar-refractivity contribution in [3.8, 4) is 17.0 Å². The molecule has 182 valence electrons. The molecular weight excluding hydrogens is 438 g/mol. The Morgan fingerprint density at radius 2 is 1.83 bits per heavy atom. The Kier molecular flexibility index (Phi) is 6.15. The number of nitrogens with zero attached hydrogens (tertiary/aromatic N) is 6. The van der Waals surface area contributed by atoms with Gasteiger partial charge in [-0.3, -0.25) is 0 Å². The Balaban J connectivity index is 1.48. The lowest BCUT2D eigenvalue weighted by Gasteiger charge is -2.37. The van der Waals surface area contributed by atoms with Crippen LogP contribution in [-0.2, 0) is 0 Å². The Morgan fingerprint density at radius 3 is 2.54 bits per heavy atom. The molecule has 0 aliphatic carbocycles. The van der Waals surface area contributed by atoms with E-state index in [1.807, 2.05) is 42.8 Å². The Hall–Kier alpha value is -3.52. The third-order valence-corrected chi connectivity index (χ3v) is 6.67. The minimum atomic E-state index is 0.164. The zero-order valence-electron chi connectivity index (χ0n) is 21.1. The lowest BCUT2D eigenvalue weighted by molar-refractivity contribution is 0.252. The van der Waals surface area contributed by atoms with Crippen molar-refractivity contribution in [2.75, 3.05) is 13.1 Å². The summed E-state index contributed by atoms with van der Waals surface area (Å²) in [7, 11) is 0. The van der Waals surface area contributed by atoms with Gasteiger partial charge in [0.2, 0.25) is 0 Å². The van der Waals surface area contributed by atoms with Crippen LogP contribution in [0.15, 0.2) is 52.4 Å². The number of aryl methyl sites for hydroxylation is 2. The number of hydrogen-bond acceptors (Lipinski definition) is 7. The van der Waals surface area contributed by atoms with Gasteiger partial charge in [-0.15, -0.1) is 10.2 Å². The van der Waals surface area contributed by atoms with Crippen LogP contribution in [0.4, 0.5) is 0 Å². The van der Waals surface area contributed by atoms with Gasteiger partial charge in [0, 0.05) is 55.1 Å². The summed E-state index contributed by atoms with van der Waals surface area (Å²) in [5.74, 6) is 1.16. The number of fused-ring (bicyclic) bond motifs is 1. The van der Waals surface area contributed by atoms with Crippen LogP contribution in [0.3, 0.4) is 0 Å². The molecule has 1 fully saturated rings. The molecule has 1 aromatic carbocycles. The van der Waals surface area contributed by atoms with Crippen LogP contribution in [0.5, 0.6) is 5.75 Å². The maximum absolute atomic E-state index is 11.0. The van der Waals surface area contributed by atoms with Crippen molar-refractivity contribution in [2.45, 2.75) is 59.5 Å². The summed E-state index contributed by atoms with van der Waals surface area (Å²) in [5.41, 5.74) is 6.86. The van der Waals surface area contributed by atoms with Crippen LogP contribution in [0, 0.1) is 13.8 Å². The number of rotatable bonds is 3. The van der Waals surface area contributed by atoms with E-state index in [4.69, 9.17) is 4.98 Å². The van der Waals surface area contributed by atoms with Gasteiger partial charge in [0.05, 0.1) is 22.8 Å². The summed E-state index contributed by atoms with van der Waals surface area (Å²) in [4.78, 5) is 11.6. The molecule has 0 radical (unpaired) electrons. The predicted molar refractivity (Wildman–Crippen MR) is 140 cm³/mol. The second-order valence-electron chi connectivity index (χ2n) is 9.76. The first-order valence-electron chi connectivity index (χ1n) is 12.3. The SMILES string of the molecule is CCC1=CC(c2ccc(-c3cn4cc(C)nc4c(C)n3)cc2O)=NN=C(N2C[C@@H](C)N[C@@H](C)C2)C1. The molecule has 2 aromatic heterocycles. The highest BCUT2D eigenvalue weighted by Gasteiger charge is 2.25. The van der Waals surface area contributed by atoms with Gasteiger partial charge in [0.1, 0.15) is 11.6 Å². The maximum atomic E-state index is 11.0. The number of allylic oxidation sites excluding steroid dienone is 1. The van der Waals surface area contributed by atoms with Crippen LogP contribution in [0.1, 0.15) is 50.6 Å². The van der Waals surface area contributed by atoms with Gasteiger partial charge in [-0.1, -0.05) is 18.6 Å². The molecule has 8 nitrogen and oxygen atoms in total. The second-order valence-corrected chi connectivity index (χ2v) is 9.76. The van der Waals surface area contributed by atoms with E-state index in [9.17, 15) is 5.11 Å². The normalized spacial score (nSPS) is 20.9. The van der Waals surface area contributed by atoms with E-state index in [-0.39, 0.29) is 5.75 Å². The molecule has 2 N–H and O–H groups in total. The van der Waals surface area contributed by atoms with Crippen molar-refractivity contribution in [2.24, 2.45) is 10.2 Å². The number of phenolic OH excluding ortho intramolecular Hbond substituents is 1. The lowest BCUT2D eigenvalue weighted by Crippen LogP contribution is -2.55. The zero-order valence-corrected chi connectivity index (χ0v) is 21.1. The quantitative estimate of drug-likeness (QED) is 0.596. The van der Waals surface area contributed by atoms with E-state index in [0.717, 1.165) is 60.1 Å². The van der Waals surface area contributed by atoms with E-state index < -0.39 is 0 Å². The summed E-state index contributed by atoms with van der Waals surface area (Å²) in [5, 5.41) is 23.8. The first-order valence-corrected chi connectivity index (χ1v) is 12.3. The van der Waals surface area contributed by atoms with E-state index in [1.165, 1.54) is 5.57 Å². The minimum Gasteiger partial charge on any atom is -0.507 e. The highest BCUT2D eigenvalue weighted by Crippen LogP contribution is 2.29. The average Bonchev–Trinajstić information content (AvgIpc) is 3.06. The first-order chi connectivity index (χ1) is 16.8. The van der Waals surface area contributed by atoms with E-state index in [2.05, 4.69) is 52.3 Å². The fourth-order valence-electron chi connectivity index (χ4n) is 5.01. The molecule has 1 saturated heterocycles. The smallest absolute Gasteiger partial charge is 0.158 e. The minimum absolute atomic E-state index is 0.164. The lowest BCUT2D eigenvalue weighted by atomic mass is 10.00. The molecule has 0 saturated carbocycles. The van der Waals surface area contributed by atoms with Crippen molar-refractivity contribution in [3.63, 3.8) is 0 Å². The highest BCUT2D eigenvalue weighted by atomic mass is 16.3. The van der Waals surface area contributed by atoms with Crippen molar-refractivity contribution in [3.05, 3.63) is 59.2 Å². The van der Waals surface area contributed by atoms with Gasteiger partial charge in [0.15, 0.2) is 5.65 Å². The fourth-order valence-corrected chi connectivity index (χ4v) is 5.01. The summed E-state index contributed by atoms with van der Waals surface area (Å²) >= 11 is 0. The van der Waals surface area contributed by atoms with E-state index in [1.54, 1.807) is 6.07 Å². The van der Waals surface area contributed by atoms with Crippen LogP contribution < -0.4 is 5.32 Å². The number of aromatic hydroxyl groups is 1. The van der Waals surface area contributed by atoms with Gasteiger partial charge in [-0.2, -0.15) is 0 Å². The molecular formula is C27H33N7O. The van der Waals surface area contributed by atoms with Crippen LogP contribution in [-0.4, -0.2) is 61.1 Å². The van der Waals surface area contributed by atoms with Gasteiger partial charge in [-0.25, -0.2) is 9.97 Å². The maximum Gasteiger partial charge on any atom is 0.158 e. The molecule has 5 rings (SSSR count). The molecule has 0 bridgehead atoms. The third-order valence-electron chi connectivity index (χ3n) is 6.67. The number of amidine groups is 1. The molecule has 4 heterocycles. The van der Waals surface area contributed by atoms with Crippen molar-refractivity contribution in [1.82, 2.24) is 24.6 Å². The molecule has 3 aromatic rings. The van der Waals surface area contributed by atoms with Gasteiger partial charge < -0.3 is 19.7 Å². The molecule has 2 atom stereocenters. The number of piperazine rings is 1. The summed E-state index contributed by atoms with van der Waals surface area (Å²) in [6, 6.07) is 6.44. The average molecular weight is 472 g/mol. The molecule has 0 amide bonds. The molecule has 0 unspecified atom stereocenters. The predicted octanol–water partition coefficient (Wildman–Crippen LogP) is 4.24. The summed E-state index contributed by atoms with van der Waals surface area (Å²) in [6.07, 6.45) is 7.68. The third kappa shape index (κ3) is 4.71. The van der Waals surface area contributed by atoms with Crippen molar-refractivity contribution >= 4 is 17.2 Å². The Morgan fingerprint density at radius 1 is 1.06 bits per heavy atom. The van der Waals surface area contributed by atoms with Gasteiger partial charge in [0.25, 0.3) is 0 Å².